The van der Waals surface area contributed by atoms with E-state index in [4.69, 9.17) is 0 Å². The molecule has 0 aromatic carbocycles. The van der Waals surface area contributed by atoms with Crippen LogP contribution in [0.5, 0.6) is 0 Å². The van der Waals surface area contributed by atoms with Gasteiger partial charge in [0.15, 0.2) is 0 Å². The van der Waals surface area contributed by atoms with Gasteiger partial charge in [-0.15, -0.1) is 6.58 Å². The molecule has 0 heteroatoms. The van der Waals surface area contributed by atoms with Crippen LogP contribution in [-0.2, 0) is 0 Å². The van der Waals surface area contributed by atoms with Gasteiger partial charge in [0.25, 0.3) is 0 Å². The Balaban J connectivity index is 2.96. The Kier molecular flexibility index (Phi) is 24.5. The van der Waals surface area contributed by atoms with E-state index in [0.717, 1.165) is 0 Å². The second-order valence-electron chi connectivity index (χ2n) is 8.50. The average molecular weight is 365 g/mol. The highest BCUT2D eigenvalue weighted by atomic mass is 14.0. The molecule has 0 amide bonds. The van der Waals surface area contributed by atoms with Crippen molar-refractivity contribution in [1.29, 1.82) is 0 Å². The quantitative estimate of drug-likeness (QED) is 0.125. The van der Waals surface area contributed by atoms with E-state index in [2.05, 4.69) is 19.6 Å². The summed E-state index contributed by atoms with van der Waals surface area (Å²) in [6.07, 6.45) is 35.4. The highest BCUT2D eigenvalue weighted by Crippen LogP contribution is 2.15. The first-order valence-electron chi connectivity index (χ1n) is 12.5. The van der Waals surface area contributed by atoms with Gasteiger partial charge in [-0.05, 0) is 12.8 Å². The van der Waals surface area contributed by atoms with E-state index in [9.17, 15) is 0 Å². The molecule has 0 atom stereocenters. The smallest absolute Gasteiger partial charge is 0.0353 e. The lowest BCUT2D eigenvalue weighted by molar-refractivity contribution is 0.519. The van der Waals surface area contributed by atoms with Crippen molar-refractivity contribution in [2.45, 2.75) is 155 Å². The molecular weight excluding hydrogens is 312 g/mol. The van der Waals surface area contributed by atoms with E-state index >= 15 is 0 Å². The standard InChI is InChI=1S/C26H52/c1-3-5-7-9-11-13-15-17-19-21-23-25-26-24-22-20-18-16-14-12-10-8-6-4-2/h3H,1,4-26H2,2H3. The van der Waals surface area contributed by atoms with Crippen molar-refractivity contribution in [3.8, 4) is 0 Å². The van der Waals surface area contributed by atoms with Crippen molar-refractivity contribution in [3.05, 3.63) is 12.7 Å². The fourth-order valence-electron chi connectivity index (χ4n) is 3.90. The third-order valence-corrected chi connectivity index (χ3v) is 5.76. The van der Waals surface area contributed by atoms with E-state index in [1.807, 2.05) is 0 Å². The van der Waals surface area contributed by atoms with Gasteiger partial charge < -0.3 is 0 Å². The summed E-state index contributed by atoms with van der Waals surface area (Å²) in [5, 5.41) is 0. The third-order valence-electron chi connectivity index (χ3n) is 5.76. The van der Waals surface area contributed by atoms with Crippen LogP contribution in [0, 0.1) is 0 Å². The van der Waals surface area contributed by atoms with Crippen molar-refractivity contribution in [3.63, 3.8) is 0 Å². The second kappa shape index (κ2) is 24.7. The molecule has 0 aromatic heterocycles. The zero-order chi connectivity index (χ0) is 19.0. The maximum atomic E-state index is 3.79. The maximum absolute atomic E-state index is 3.79. The molecule has 0 aliphatic heterocycles. The fourth-order valence-corrected chi connectivity index (χ4v) is 3.90. The van der Waals surface area contributed by atoms with Gasteiger partial charge in [0.05, 0.1) is 0 Å². The van der Waals surface area contributed by atoms with E-state index in [-0.39, 0.29) is 0 Å². The van der Waals surface area contributed by atoms with Gasteiger partial charge in [-0.3, -0.25) is 0 Å². The summed E-state index contributed by atoms with van der Waals surface area (Å²) in [5.74, 6) is 0. The van der Waals surface area contributed by atoms with Crippen LogP contribution in [0.15, 0.2) is 12.7 Å². The first-order valence-corrected chi connectivity index (χ1v) is 12.5. The van der Waals surface area contributed by atoms with E-state index in [1.54, 1.807) is 0 Å². The molecule has 0 N–H and O–H groups in total. The van der Waals surface area contributed by atoms with Gasteiger partial charge in [-0.25, -0.2) is 0 Å². The summed E-state index contributed by atoms with van der Waals surface area (Å²) in [6, 6.07) is 0. The molecule has 0 bridgehead atoms. The van der Waals surface area contributed by atoms with E-state index in [0.29, 0.717) is 0 Å². The van der Waals surface area contributed by atoms with Crippen LogP contribution in [0.2, 0.25) is 0 Å². The van der Waals surface area contributed by atoms with Gasteiger partial charge in [0.2, 0.25) is 0 Å². The summed E-state index contributed by atoms with van der Waals surface area (Å²) < 4.78 is 0. The normalized spacial score (nSPS) is 11.1. The maximum Gasteiger partial charge on any atom is -0.0353 e. The molecule has 0 heterocycles. The topological polar surface area (TPSA) is 0 Å². The van der Waals surface area contributed by atoms with Crippen LogP contribution in [0.3, 0.4) is 0 Å². The van der Waals surface area contributed by atoms with Crippen molar-refractivity contribution < 1.29 is 0 Å². The molecule has 26 heavy (non-hydrogen) atoms. The summed E-state index contributed by atoms with van der Waals surface area (Å²) in [7, 11) is 0. The average Bonchev–Trinajstić information content (AvgIpc) is 2.66. The minimum atomic E-state index is 1.21. The molecule has 0 aliphatic carbocycles. The molecule has 0 spiro atoms. The molecule has 156 valence electrons. The van der Waals surface area contributed by atoms with Gasteiger partial charge in [-0.2, -0.15) is 0 Å². The Morgan fingerprint density at radius 2 is 0.615 bits per heavy atom. The molecule has 0 rings (SSSR count). The number of hydrogen-bond donors (Lipinski definition) is 0. The van der Waals surface area contributed by atoms with Crippen molar-refractivity contribution in [1.82, 2.24) is 0 Å². The van der Waals surface area contributed by atoms with Crippen molar-refractivity contribution >= 4 is 0 Å². The number of hydrogen-bond acceptors (Lipinski definition) is 0. The number of unbranched alkanes of at least 4 members (excludes halogenated alkanes) is 22. The molecular formula is C26H52. The summed E-state index contributed by atoms with van der Waals surface area (Å²) in [5.41, 5.74) is 0. The predicted octanol–water partition coefficient (Wildman–Crippen LogP) is 10.2. The lowest BCUT2D eigenvalue weighted by Crippen LogP contribution is -1.84. The lowest BCUT2D eigenvalue weighted by Gasteiger charge is -2.04. The largest absolute Gasteiger partial charge is 0.103 e. The molecule has 0 fully saturated rings. The van der Waals surface area contributed by atoms with Crippen molar-refractivity contribution in [2.24, 2.45) is 0 Å². The van der Waals surface area contributed by atoms with Gasteiger partial charge >= 0.3 is 0 Å². The van der Waals surface area contributed by atoms with E-state index in [1.165, 1.54) is 148 Å². The zero-order valence-electron chi connectivity index (χ0n) is 18.5. The Morgan fingerprint density at radius 3 is 0.846 bits per heavy atom. The Bertz CT molecular complexity index is 242. The number of rotatable bonds is 23. The monoisotopic (exact) mass is 364 g/mol. The highest BCUT2D eigenvalue weighted by Gasteiger charge is 1.95. The molecule has 0 saturated carbocycles. The van der Waals surface area contributed by atoms with E-state index < -0.39 is 0 Å². The first kappa shape index (κ1) is 25.7. The molecule has 0 unspecified atom stereocenters. The van der Waals surface area contributed by atoms with Crippen LogP contribution in [0.4, 0.5) is 0 Å². The zero-order valence-corrected chi connectivity index (χ0v) is 18.5. The Hall–Kier alpha value is -0.260. The minimum absolute atomic E-state index is 1.21. The fraction of sp³-hybridized carbons (Fsp3) is 0.923. The second-order valence-corrected chi connectivity index (χ2v) is 8.50. The highest BCUT2D eigenvalue weighted by molar-refractivity contribution is 4.65. The van der Waals surface area contributed by atoms with Gasteiger partial charge in [-0.1, -0.05) is 148 Å². The minimum Gasteiger partial charge on any atom is -0.103 e. The summed E-state index contributed by atoms with van der Waals surface area (Å²) in [6.45, 7) is 6.09. The molecule has 0 saturated heterocycles. The Morgan fingerprint density at radius 1 is 0.385 bits per heavy atom. The molecule has 0 aromatic rings. The van der Waals surface area contributed by atoms with Gasteiger partial charge in [0, 0.05) is 0 Å². The predicted molar refractivity (Wildman–Crippen MR) is 122 cm³/mol. The van der Waals surface area contributed by atoms with Crippen LogP contribution in [0.25, 0.3) is 0 Å². The lowest BCUT2D eigenvalue weighted by atomic mass is 10.0. The van der Waals surface area contributed by atoms with Crippen LogP contribution in [-0.4, -0.2) is 0 Å². The SMILES string of the molecule is C=CCCCCCCCCCCCCCCCCCCCCCCCC. The summed E-state index contributed by atoms with van der Waals surface area (Å²) in [4.78, 5) is 0. The molecule has 0 radical (unpaired) electrons. The first-order chi connectivity index (χ1) is 12.9. The Labute approximate surface area is 167 Å². The third kappa shape index (κ3) is 23.7. The van der Waals surface area contributed by atoms with Crippen molar-refractivity contribution in [2.75, 3.05) is 0 Å². The van der Waals surface area contributed by atoms with Crippen LogP contribution in [0.1, 0.15) is 155 Å². The molecule has 0 aliphatic rings. The van der Waals surface area contributed by atoms with Crippen LogP contribution < -0.4 is 0 Å². The van der Waals surface area contributed by atoms with Gasteiger partial charge in [0.1, 0.15) is 0 Å². The summed E-state index contributed by atoms with van der Waals surface area (Å²) >= 11 is 0. The number of allylic oxidation sites excluding steroid dienone is 1. The van der Waals surface area contributed by atoms with Crippen LogP contribution >= 0.6 is 0 Å². The molecule has 0 nitrogen and oxygen atoms in total.